The van der Waals surface area contributed by atoms with Crippen LogP contribution in [-0.4, -0.2) is 17.1 Å². The summed E-state index contributed by atoms with van der Waals surface area (Å²) in [5.74, 6) is 1.31. The fourth-order valence-corrected chi connectivity index (χ4v) is 2.59. The number of aromatic amines is 1. The lowest BCUT2D eigenvalue weighted by Gasteiger charge is -2.04. The molecule has 1 heterocycles. The number of nitrogens with zero attached hydrogens (tertiary/aromatic N) is 1. The van der Waals surface area contributed by atoms with Crippen molar-refractivity contribution in [3.63, 3.8) is 0 Å². The minimum absolute atomic E-state index is 0.137. The van der Waals surface area contributed by atoms with E-state index < -0.39 is 0 Å². The van der Waals surface area contributed by atoms with Crippen molar-refractivity contribution < 1.29 is 4.74 Å². The van der Waals surface area contributed by atoms with Gasteiger partial charge in [-0.2, -0.15) is 0 Å². The number of aromatic nitrogens is 2. The number of ether oxygens (including phenoxy) is 1. The van der Waals surface area contributed by atoms with Gasteiger partial charge in [-0.05, 0) is 19.1 Å². The van der Waals surface area contributed by atoms with Crippen molar-refractivity contribution in [3.05, 3.63) is 57.8 Å². The zero-order chi connectivity index (χ0) is 13.7. The number of nitrogens with one attached hydrogen (secondary N) is 1. The van der Waals surface area contributed by atoms with Gasteiger partial charge in [0.2, 0.25) is 0 Å². The van der Waals surface area contributed by atoms with E-state index >= 15 is 0 Å². The molecule has 0 aliphatic heterocycles. The Hall–Kier alpha value is -1.59. The molecule has 0 saturated carbocycles. The molecule has 0 fully saturated rings. The Balaban J connectivity index is 2.09. The molecule has 0 radical (unpaired) electrons. The molecule has 0 unspecified atom stereocenters. The zero-order valence-corrected chi connectivity index (χ0v) is 11.8. The highest BCUT2D eigenvalue weighted by Crippen LogP contribution is 2.21. The summed E-state index contributed by atoms with van der Waals surface area (Å²) in [6, 6.07) is 9.71. The first kappa shape index (κ1) is 13.8. The Morgan fingerprint density at radius 2 is 2.21 bits per heavy atom. The predicted molar refractivity (Wildman–Crippen MR) is 76.3 cm³/mol. The van der Waals surface area contributed by atoms with Crippen molar-refractivity contribution >= 4 is 11.8 Å². The van der Waals surface area contributed by atoms with E-state index in [1.807, 2.05) is 6.07 Å². The summed E-state index contributed by atoms with van der Waals surface area (Å²) in [5.41, 5.74) is 1.74. The van der Waals surface area contributed by atoms with Gasteiger partial charge in [0.05, 0.1) is 18.1 Å². The van der Waals surface area contributed by atoms with Crippen LogP contribution >= 0.6 is 11.8 Å². The Morgan fingerprint density at radius 3 is 2.95 bits per heavy atom. The third-order valence-electron chi connectivity index (χ3n) is 2.50. The second-order valence-corrected chi connectivity index (χ2v) is 5.27. The first-order valence-corrected chi connectivity index (χ1v) is 6.93. The van der Waals surface area contributed by atoms with Crippen molar-refractivity contribution in [2.75, 3.05) is 7.11 Å². The highest BCUT2D eigenvalue weighted by molar-refractivity contribution is 7.98. The van der Waals surface area contributed by atoms with Crippen LogP contribution in [0.3, 0.4) is 0 Å². The Kier molecular flexibility index (Phi) is 4.76. The minimum Gasteiger partial charge on any atom is -0.378 e. The summed E-state index contributed by atoms with van der Waals surface area (Å²) < 4.78 is 4.99. The van der Waals surface area contributed by atoms with Crippen LogP contribution in [0.25, 0.3) is 0 Å². The van der Waals surface area contributed by atoms with E-state index in [4.69, 9.17) is 4.74 Å². The van der Waals surface area contributed by atoms with E-state index in [-0.39, 0.29) is 5.56 Å². The third kappa shape index (κ3) is 4.22. The van der Waals surface area contributed by atoms with Gasteiger partial charge in [0.1, 0.15) is 5.82 Å². The average molecular weight is 276 g/mol. The lowest BCUT2D eigenvalue weighted by molar-refractivity contribution is 0.181. The normalized spacial score (nSPS) is 10.6. The maximum absolute atomic E-state index is 11.5. The Labute approximate surface area is 116 Å². The fourth-order valence-electron chi connectivity index (χ4n) is 1.71. The van der Waals surface area contributed by atoms with E-state index in [0.717, 1.165) is 0 Å². The Bertz CT molecular complexity index is 610. The number of hydrogen-bond acceptors (Lipinski definition) is 4. The zero-order valence-electron chi connectivity index (χ0n) is 11.0. The maximum Gasteiger partial charge on any atom is 0.251 e. The second kappa shape index (κ2) is 6.54. The van der Waals surface area contributed by atoms with Gasteiger partial charge in [-0.15, -0.1) is 11.8 Å². The molecule has 5 heteroatoms. The number of rotatable bonds is 5. The van der Waals surface area contributed by atoms with Crippen LogP contribution in [0, 0.1) is 6.92 Å². The molecule has 19 heavy (non-hydrogen) atoms. The summed E-state index contributed by atoms with van der Waals surface area (Å²) >= 11 is 1.65. The molecule has 0 atom stereocenters. The van der Waals surface area contributed by atoms with Crippen LogP contribution in [0.2, 0.25) is 0 Å². The Morgan fingerprint density at radius 1 is 1.37 bits per heavy atom. The molecule has 2 rings (SSSR count). The largest absolute Gasteiger partial charge is 0.378 e. The SMILES string of the molecule is COCc1cc(=O)[nH]c(CSc2cccc(C)c2)n1. The summed E-state index contributed by atoms with van der Waals surface area (Å²) in [6.07, 6.45) is 0. The van der Waals surface area contributed by atoms with Gasteiger partial charge in [-0.25, -0.2) is 4.98 Å². The fraction of sp³-hybridized carbons (Fsp3) is 0.286. The van der Waals surface area contributed by atoms with Gasteiger partial charge in [-0.3, -0.25) is 4.79 Å². The third-order valence-corrected chi connectivity index (χ3v) is 3.51. The first-order valence-electron chi connectivity index (χ1n) is 5.95. The molecule has 4 nitrogen and oxygen atoms in total. The first-order chi connectivity index (χ1) is 9.17. The molecule has 1 aromatic carbocycles. The van der Waals surface area contributed by atoms with Gasteiger partial charge >= 0.3 is 0 Å². The second-order valence-electron chi connectivity index (χ2n) is 4.22. The highest BCUT2D eigenvalue weighted by atomic mass is 32.2. The number of H-pyrrole nitrogens is 1. The summed E-state index contributed by atoms with van der Waals surface area (Å²) in [7, 11) is 1.59. The summed E-state index contributed by atoms with van der Waals surface area (Å²) in [4.78, 5) is 19.8. The van der Waals surface area contributed by atoms with Gasteiger partial charge in [-0.1, -0.05) is 17.7 Å². The molecule has 100 valence electrons. The minimum atomic E-state index is -0.137. The topological polar surface area (TPSA) is 55.0 Å². The van der Waals surface area contributed by atoms with Crippen LogP contribution in [0.15, 0.2) is 40.0 Å². The van der Waals surface area contributed by atoms with Crippen LogP contribution < -0.4 is 5.56 Å². The number of thioether (sulfide) groups is 1. The van der Waals surface area contributed by atoms with Crippen LogP contribution in [0.4, 0.5) is 0 Å². The van der Waals surface area contributed by atoms with Crippen LogP contribution in [0.5, 0.6) is 0 Å². The van der Waals surface area contributed by atoms with Crippen LogP contribution in [-0.2, 0) is 17.1 Å². The molecule has 0 aliphatic carbocycles. The molecular formula is C14H16N2O2S. The van der Waals surface area contributed by atoms with E-state index in [1.54, 1.807) is 18.9 Å². The smallest absolute Gasteiger partial charge is 0.251 e. The van der Waals surface area contributed by atoms with Crippen LogP contribution in [0.1, 0.15) is 17.1 Å². The molecule has 0 amide bonds. The van der Waals surface area contributed by atoms with Gasteiger partial charge in [0.15, 0.2) is 0 Å². The lowest BCUT2D eigenvalue weighted by atomic mass is 10.2. The van der Waals surface area contributed by atoms with Crippen molar-refractivity contribution in [3.8, 4) is 0 Å². The van der Waals surface area contributed by atoms with Crippen molar-refractivity contribution in [1.82, 2.24) is 9.97 Å². The van der Waals surface area contributed by atoms with Gasteiger partial charge < -0.3 is 9.72 Å². The number of aryl methyl sites for hydroxylation is 1. The molecule has 0 spiro atoms. The van der Waals surface area contributed by atoms with Crippen molar-refractivity contribution in [2.45, 2.75) is 24.2 Å². The maximum atomic E-state index is 11.5. The van der Waals surface area contributed by atoms with Crippen molar-refractivity contribution in [1.29, 1.82) is 0 Å². The highest BCUT2D eigenvalue weighted by Gasteiger charge is 2.03. The lowest BCUT2D eigenvalue weighted by Crippen LogP contribution is -2.12. The summed E-state index contributed by atoms with van der Waals surface area (Å²) in [5, 5.41) is 0. The standard InChI is InChI=1S/C14H16N2O2S/c1-10-4-3-5-12(6-10)19-9-13-15-11(8-18-2)7-14(17)16-13/h3-7H,8-9H2,1-2H3,(H,15,16,17). The summed E-state index contributed by atoms with van der Waals surface area (Å²) in [6.45, 7) is 2.41. The van der Waals surface area contributed by atoms with E-state index in [0.29, 0.717) is 23.9 Å². The molecule has 1 aromatic heterocycles. The average Bonchev–Trinajstić information content (AvgIpc) is 2.36. The van der Waals surface area contributed by atoms with Gasteiger partial charge in [0, 0.05) is 18.1 Å². The molecular weight excluding hydrogens is 260 g/mol. The van der Waals surface area contributed by atoms with E-state index in [2.05, 4.69) is 35.1 Å². The van der Waals surface area contributed by atoms with Crippen molar-refractivity contribution in [2.24, 2.45) is 0 Å². The number of benzene rings is 1. The molecule has 2 aromatic rings. The molecule has 1 N–H and O–H groups in total. The van der Waals surface area contributed by atoms with E-state index in [1.165, 1.54) is 16.5 Å². The van der Waals surface area contributed by atoms with E-state index in [9.17, 15) is 4.79 Å². The molecule has 0 bridgehead atoms. The monoisotopic (exact) mass is 276 g/mol. The number of hydrogen-bond donors (Lipinski definition) is 1. The number of methoxy groups -OCH3 is 1. The van der Waals surface area contributed by atoms with Gasteiger partial charge in [0.25, 0.3) is 5.56 Å². The molecule has 0 saturated heterocycles. The predicted octanol–water partition coefficient (Wildman–Crippen LogP) is 2.52. The molecule has 0 aliphatic rings. The quantitative estimate of drug-likeness (QED) is 0.853.